The molecule has 0 aliphatic rings. The van der Waals surface area contributed by atoms with Crippen LogP contribution in [0.2, 0.25) is 0 Å². The molecule has 0 rings (SSSR count). The number of methoxy groups -OCH3 is 1. The average molecular weight is 201 g/mol. The highest BCUT2D eigenvalue weighted by atomic mass is 16.5. The van der Waals surface area contributed by atoms with Gasteiger partial charge in [0.25, 0.3) is 5.91 Å². The molecule has 0 bridgehead atoms. The molecule has 7 heteroatoms. The molecule has 0 fully saturated rings. The third-order valence-electron chi connectivity index (χ3n) is 1.23. The maximum absolute atomic E-state index is 11.0. The number of nitrogens with two attached hydrogens (primary N) is 1. The van der Waals surface area contributed by atoms with Crippen molar-refractivity contribution in [2.75, 3.05) is 20.2 Å². The molecule has 7 nitrogen and oxygen atoms in total. The number of hydrogen-bond donors (Lipinski definition) is 2. The molecule has 0 aromatic carbocycles. The number of amides is 2. The summed E-state index contributed by atoms with van der Waals surface area (Å²) in [4.78, 5) is 31.2. The maximum Gasteiger partial charge on any atom is 0.283 e. The van der Waals surface area contributed by atoms with Crippen molar-refractivity contribution in [1.29, 1.82) is 0 Å². The van der Waals surface area contributed by atoms with Crippen molar-refractivity contribution in [3.63, 3.8) is 0 Å². The Morgan fingerprint density at radius 3 is 2.64 bits per heavy atom. The first kappa shape index (κ1) is 12.1. The first-order chi connectivity index (χ1) is 6.61. The molecule has 0 saturated heterocycles. The Balaban J connectivity index is 4.11. The Morgan fingerprint density at radius 2 is 2.21 bits per heavy atom. The van der Waals surface area contributed by atoms with Gasteiger partial charge in [-0.15, -0.1) is 0 Å². The molecule has 0 aliphatic carbocycles. The van der Waals surface area contributed by atoms with Gasteiger partial charge in [0, 0.05) is 6.54 Å². The normalized spacial score (nSPS) is 10.5. The fourth-order valence-corrected chi connectivity index (χ4v) is 0.625. The molecule has 0 radical (unpaired) electrons. The predicted molar refractivity (Wildman–Crippen MR) is 48.0 cm³/mol. The molecule has 0 atom stereocenters. The summed E-state index contributed by atoms with van der Waals surface area (Å²) in [6, 6.07) is 0. The smallest absolute Gasteiger partial charge is 0.283 e. The van der Waals surface area contributed by atoms with E-state index >= 15 is 0 Å². The fraction of sp³-hybridized carbons (Fsp3) is 0.429. The Bertz CT molecular complexity index is 262. The quantitative estimate of drug-likeness (QED) is 0.245. The number of nitrogens with one attached hydrogen (secondary N) is 1. The van der Waals surface area contributed by atoms with Gasteiger partial charge in [0.05, 0.1) is 19.7 Å². The number of primary amides is 1. The van der Waals surface area contributed by atoms with Gasteiger partial charge in [0.2, 0.25) is 5.91 Å². The zero-order valence-electron chi connectivity index (χ0n) is 7.65. The minimum absolute atomic E-state index is 0.0293. The van der Waals surface area contributed by atoms with E-state index in [-0.39, 0.29) is 18.8 Å². The minimum Gasteiger partial charge on any atom is -0.491 e. The largest absolute Gasteiger partial charge is 0.491 e. The van der Waals surface area contributed by atoms with Crippen LogP contribution in [-0.2, 0) is 14.3 Å². The van der Waals surface area contributed by atoms with E-state index < -0.39 is 11.8 Å². The van der Waals surface area contributed by atoms with Crippen LogP contribution in [0.5, 0.6) is 0 Å². The van der Waals surface area contributed by atoms with Crippen LogP contribution in [0.4, 0.5) is 0 Å². The number of rotatable bonds is 6. The van der Waals surface area contributed by atoms with Gasteiger partial charge in [0.15, 0.2) is 5.76 Å². The monoisotopic (exact) mass is 201 g/mol. The van der Waals surface area contributed by atoms with Gasteiger partial charge in [-0.1, -0.05) is 5.18 Å². The zero-order valence-corrected chi connectivity index (χ0v) is 7.65. The first-order valence-electron chi connectivity index (χ1n) is 3.74. The molecule has 0 spiro atoms. The standard InChI is InChI=1S/C7H11N3O4/c1-14-5(7(8)12)4-6(11)9-2-3-10-13/h4H,2-3H2,1H3,(H2,8,12)(H,9,11)/b5-4-. The molecule has 0 aromatic rings. The van der Waals surface area contributed by atoms with Crippen LogP contribution in [0, 0.1) is 4.91 Å². The summed E-state index contributed by atoms with van der Waals surface area (Å²) >= 11 is 0. The van der Waals surface area contributed by atoms with E-state index in [0.717, 1.165) is 6.08 Å². The second kappa shape index (κ2) is 6.58. The van der Waals surface area contributed by atoms with E-state index in [1.54, 1.807) is 0 Å². The summed E-state index contributed by atoms with van der Waals surface area (Å²) in [5, 5.41) is 4.84. The molecule has 2 amide bonds. The highest BCUT2D eigenvalue weighted by Crippen LogP contribution is 1.92. The van der Waals surface area contributed by atoms with Gasteiger partial charge in [-0.3, -0.25) is 9.59 Å². The lowest BCUT2D eigenvalue weighted by Crippen LogP contribution is -2.26. The van der Waals surface area contributed by atoms with Crippen molar-refractivity contribution in [2.45, 2.75) is 0 Å². The van der Waals surface area contributed by atoms with Gasteiger partial charge < -0.3 is 15.8 Å². The Labute approximate surface area is 80.3 Å². The van der Waals surface area contributed by atoms with E-state index in [2.05, 4.69) is 15.2 Å². The van der Waals surface area contributed by atoms with Gasteiger partial charge in [-0.2, -0.15) is 4.91 Å². The van der Waals surface area contributed by atoms with E-state index in [4.69, 9.17) is 5.73 Å². The molecule has 78 valence electrons. The summed E-state index contributed by atoms with van der Waals surface area (Å²) in [6.07, 6.45) is 0.910. The van der Waals surface area contributed by atoms with Crippen molar-refractivity contribution in [3.05, 3.63) is 16.7 Å². The lowest BCUT2D eigenvalue weighted by molar-refractivity contribution is -0.120. The summed E-state index contributed by atoms with van der Waals surface area (Å²) in [5.74, 6) is -1.65. The van der Waals surface area contributed by atoms with Crippen molar-refractivity contribution in [1.82, 2.24) is 5.32 Å². The zero-order chi connectivity index (χ0) is 11.0. The van der Waals surface area contributed by atoms with Crippen LogP contribution in [0.15, 0.2) is 17.0 Å². The number of hydrogen-bond acceptors (Lipinski definition) is 5. The predicted octanol–water partition coefficient (Wildman–Crippen LogP) is -1.12. The Morgan fingerprint density at radius 1 is 1.57 bits per heavy atom. The van der Waals surface area contributed by atoms with Gasteiger partial charge in [-0.25, -0.2) is 0 Å². The van der Waals surface area contributed by atoms with Gasteiger partial charge >= 0.3 is 0 Å². The second-order valence-corrected chi connectivity index (χ2v) is 2.22. The third-order valence-corrected chi connectivity index (χ3v) is 1.23. The van der Waals surface area contributed by atoms with Crippen molar-refractivity contribution >= 4 is 11.8 Å². The Kier molecular flexibility index (Phi) is 5.68. The SMILES string of the molecule is CO/C(=C\C(=O)NCCN=O)C(N)=O. The molecule has 14 heavy (non-hydrogen) atoms. The second-order valence-electron chi connectivity index (χ2n) is 2.22. The van der Waals surface area contributed by atoms with Crippen molar-refractivity contribution in [2.24, 2.45) is 10.9 Å². The minimum atomic E-state index is -0.837. The highest BCUT2D eigenvalue weighted by Gasteiger charge is 2.06. The van der Waals surface area contributed by atoms with Crippen LogP contribution in [0.3, 0.4) is 0 Å². The van der Waals surface area contributed by atoms with Crippen LogP contribution in [0.1, 0.15) is 0 Å². The summed E-state index contributed by atoms with van der Waals surface area (Å²) < 4.78 is 4.53. The summed E-state index contributed by atoms with van der Waals surface area (Å²) in [6.45, 7) is 0.0764. The van der Waals surface area contributed by atoms with Crippen molar-refractivity contribution in [3.8, 4) is 0 Å². The lowest BCUT2D eigenvalue weighted by atomic mass is 10.4. The third kappa shape index (κ3) is 4.86. The number of nitrogens with zero attached hydrogens (tertiary/aromatic N) is 1. The molecule has 0 heterocycles. The molecular formula is C7H11N3O4. The molecule has 0 unspecified atom stereocenters. The van der Waals surface area contributed by atoms with Gasteiger partial charge in [0.1, 0.15) is 0 Å². The topological polar surface area (TPSA) is 111 Å². The van der Waals surface area contributed by atoms with Crippen LogP contribution in [-0.4, -0.2) is 32.0 Å². The molecule has 0 aromatic heterocycles. The summed E-state index contributed by atoms with van der Waals surface area (Å²) in [7, 11) is 1.22. The van der Waals surface area contributed by atoms with E-state index in [9.17, 15) is 14.5 Å². The van der Waals surface area contributed by atoms with Crippen LogP contribution in [0.25, 0.3) is 0 Å². The molecule has 3 N–H and O–H groups in total. The number of nitroso groups, excluding NO2 is 1. The molecular weight excluding hydrogens is 190 g/mol. The Hall–Kier alpha value is -1.92. The van der Waals surface area contributed by atoms with E-state index in [1.165, 1.54) is 7.11 Å². The summed E-state index contributed by atoms with van der Waals surface area (Å²) in [5.41, 5.74) is 4.87. The first-order valence-corrected chi connectivity index (χ1v) is 3.74. The maximum atomic E-state index is 11.0. The highest BCUT2D eigenvalue weighted by molar-refractivity contribution is 5.98. The average Bonchev–Trinajstić information content (AvgIpc) is 2.14. The lowest BCUT2D eigenvalue weighted by Gasteiger charge is -2.01. The number of carbonyl (C=O) groups excluding carboxylic acids is 2. The molecule has 0 aliphatic heterocycles. The number of carbonyl (C=O) groups is 2. The van der Waals surface area contributed by atoms with Gasteiger partial charge in [-0.05, 0) is 0 Å². The van der Waals surface area contributed by atoms with Crippen molar-refractivity contribution < 1.29 is 14.3 Å². The van der Waals surface area contributed by atoms with E-state index in [0.29, 0.717) is 0 Å². The molecule has 0 saturated carbocycles. The van der Waals surface area contributed by atoms with Crippen LogP contribution < -0.4 is 11.1 Å². The van der Waals surface area contributed by atoms with E-state index in [1.807, 2.05) is 0 Å². The van der Waals surface area contributed by atoms with Crippen LogP contribution >= 0.6 is 0 Å². The fourth-order valence-electron chi connectivity index (χ4n) is 0.625. The number of ether oxygens (including phenoxy) is 1.